The van der Waals surface area contributed by atoms with E-state index in [0.717, 1.165) is 0 Å². The lowest BCUT2D eigenvalue weighted by Crippen LogP contribution is -2.20. The number of rotatable bonds is 4. The van der Waals surface area contributed by atoms with Crippen LogP contribution in [0.4, 0.5) is 0 Å². The van der Waals surface area contributed by atoms with E-state index in [9.17, 15) is 13.2 Å². The van der Waals surface area contributed by atoms with Crippen LogP contribution >= 0.6 is 11.3 Å². The summed E-state index contributed by atoms with van der Waals surface area (Å²) >= 11 is 1.26. The Hall–Kier alpha value is -2.24. The van der Waals surface area contributed by atoms with Crippen molar-refractivity contribution in [1.29, 1.82) is 5.26 Å². The Morgan fingerprint density at radius 1 is 1.36 bits per heavy atom. The molecule has 1 aromatic heterocycles. The van der Waals surface area contributed by atoms with Gasteiger partial charge in [0.2, 0.25) is 0 Å². The van der Waals surface area contributed by atoms with Gasteiger partial charge in [0.1, 0.15) is 5.75 Å². The molecule has 0 radical (unpaired) electrons. The fourth-order valence-electron chi connectivity index (χ4n) is 1.74. The first kappa shape index (κ1) is 16.1. The molecule has 1 amide bonds. The molecule has 22 heavy (non-hydrogen) atoms. The summed E-state index contributed by atoms with van der Waals surface area (Å²) in [7, 11) is -1.87. The van der Waals surface area contributed by atoms with Crippen LogP contribution in [0, 0.1) is 11.3 Å². The normalized spacial score (nSPS) is 12.1. The standard InChI is InChI=1S/C14H13N3O3S2/c1-17-6-7-21-14(17)16-13(18)10-22(19,20)9-12-4-2-11(8-15)3-5-12/h2-7H,9-10H2,1H3. The minimum Gasteiger partial charge on any atom is -0.327 e. The second-order valence-electron chi connectivity index (χ2n) is 4.64. The molecule has 6 nitrogen and oxygen atoms in total. The molecule has 8 heteroatoms. The lowest BCUT2D eigenvalue weighted by atomic mass is 10.2. The maximum Gasteiger partial charge on any atom is 0.263 e. The third kappa shape index (κ3) is 4.38. The van der Waals surface area contributed by atoms with Crippen molar-refractivity contribution >= 4 is 27.1 Å². The number of nitriles is 1. The monoisotopic (exact) mass is 335 g/mol. The second kappa shape index (κ2) is 6.68. The summed E-state index contributed by atoms with van der Waals surface area (Å²) in [5, 5.41) is 10.5. The molecule has 0 saturated heterocycles. The van der Waals surface area contributed by atoms with Gasteiger partial charge < -0.3 is 4.57 Å². The van der Waals surface area contributed by atoms with E-state index in [1.807, 2.05) is 6.07 Å². The van der Waals surface area contributed by atoms with Crippen molar-refractivity contribution in [3.63, 3.8) is 0 Å². The predicted molar refractivity (Wildman–Crippen MR) is 82.5 cm³/mol. The Morgan fingerprint density at radius 2 is 2.05 bits per heavy atom. The van der Waals surface area contributed by atoms with Gasteiger partial charge in [-0.15, -0.1) is 11.3 Å². The number of sulfone groups is 1. The summed E-state index contributed by atoms with van der Waals surface area (Å²) in [5.41, 5.74) is 0.992. The number of benzene rings is 1. The molecule has 0 bridgehead atoms. The lowest BCUT2D eigenvalue weighted by molar-refractivity contribution is -0.115. The maximum atomic E-state index is 12.0. The number of carbonyl (C=O) groups is 1. The van der Waals surface area contributed by atoms with Gasteiger partial charge in [0.25, 0.3) is 5.91 Å². The molecule has 2 rings (SSSR count). The fraction of sp³-hybridized carbons (Fsp3) is 0.214. The number of hydrogen-bond donors (Lipinski definition) is 0. The summed E-state index contributed by atoms with van der Waals surface area (Å²) < 4.78 is 25.7. The molecular formula is C14H13N3O3S2. The molecule has 0 N–H and O–H groups in total. The van der Waals surface area contributed by atoms with Gasteiger partial charge in [-0.3, -0.25) is 4.79 Å². The van der Waals surface area contributed by atoms with Crippen LogP contribution in [0.25, 0.3) is 0 Å². The number of hydrogen-bond acceptors (Lipinski definition) is 5. The van der Waals surface area contributed by atoms with Crippen molar-refractivity contribution < 1.29 is 13.2 Å². The van der Waals surface area contributed by atoms with Crippen LogP contribution in [-0.2, 0) is 27.4 Å². The fourth-order valence-corrected chi connectivity index (χ4v) is 3.73. The summed E-state index contributed by atoms with van der Waals surface area (Å²) in [6, 6.07) is 8.18. The highest BCUT2D eigenvalue weighted by Crippen LogP contribution is 2.09. The Morgan fingerprint density at radius 3 is 2.59 bits per heavy atom. The molecule has 0 spiro atoms. The van der Waals surface area contributed by atoms with Gasteiger partial charge in [-0.1, -0.05) is 12.1 Å². The summed E-state index contributed by atoms with van der Waals surface area (Å²) in [6.07, 6.45) is 1.74. The lowest BCUT2D eigenvalue weighted by Gasteiger charge is -2.02. The van der Waals surface area contributed by atoms with Gasteiger partial charge >= 0.3 is 0 Å². The van der Waals surface area contributed by atoms with Gasteiger partial charge in [-0.25, -0.2) is 8.42 Å². The molecule has 0 saturated carbocycles. The van der Waals surface area contributed by atoms with Crippen LogP contribution in [-0.4, -0.2) is 24.6 Å². The zero-order chi connectivity index (χ0) is 16.2. The molecule has 0 aliphatic rings. The van der Waals surface area contributed by atoms with Crippen LogP contribution in [0.5, 0.6) is 0 Å². The first-order valence-electron chi connectivity index (χ1n) is 6.27. The first-order chi connectivity index (χ1) is 10.4. The van der Waals surface area contributed by atoms with E-state index >= 15 is 0 Å². The van der Waals surface area contributed by atoms with Gasteiger partial charge in [0.05, 0.1) is 17.4 Å². The highest BCUT2D eigenvalue weighted by atomic mass is 32.2. The Labute approximate surface area is 131 Å². The van der Waals surface area contributed by atoms with E-state index in [1.165, 1.54) is 11.3 Å². The molecule has 0 unspecified atom stereocenters. The quantitative estimate of drug-likeness (QED) is 0.833. The van der Waals surface area contributed by atoms with E-state index in [0.29, 0.717) is 15.9 Å². The number of nitrogens with zero attached hydrogens (tertiary/aromatic N) is 3. The molecule has 0 aliphatic carbocycles. The zero-order valence-electron chi connectivity index (χ0n) is 11.8. The maximum absolute atomic E-state index is 12.0. The third-order valence-electron chi connectivity index (χ3n) is 2.79. The average Bonchev–Trinajstić information content (AvgIpc) is 2.84. The van der Waals surface area contributed by atoms with Crippen LogP contribution in [0.1, 0.15) is 11.1 Å². The van der Waals surface area contributed by atoms with Crippen molar-refractivity contribution in [2.75, 3.05) is 5.75 Å². The Kier molecular flexibility index (Phi) is 4.90. The summed E-state index contributed by atoms with van der Waals surface area (Å²) in [4.78, 5) is 16.0. The van der Waals surface area contributed by atoms with Gasteiger partial charge in [-0.05, 0) is 17.7 Å². The topological polar surface area (TPSA) is 92.3 Å². The molecule has 1 heterocycles. The molecule has 1 aromatic carbocycles. The zero-order valence-corrected chi connectivity index (χ0v) is 13.4. The Balaban J connectivity index is 2.09. The van der Waals surface area contributed by atoms with Crippen molar-refractivity contribution in [3.8, 4) is 6.07 Å². The summed E-state index contributed by atoms with van der Waals surface area (Å²) in [5.74, 6) is -1.58. The first-order valence-corrected chi connectivity index (χ1v) is 8.97. The smallest absolute Gasteiger partial charge is 0.263 e. The van der Waals surface area contributed by atoms with Gasteiger partial charge in [0.15, 0.2) is 14.6 Å². The van der Waals surface area contributed by atoms with E-state index in [1.54, 1.807) is 47.5 Å². The predicted octanol–water partition coefficient (Wildman–Crippen LogP) is 1.00. The van der Waals surface area contributed by atoms with Gasteiger partial charge in [-0.2, -0.15) is 10.3 Å². The molecule has 114 valence electrons. The number of carbonyl (C=O) groups excluding carboxylic acids is 1. The van der Waals surface area contributed by atoms with Crippen LogP contribution in [0.15, 0.2) is 40.8 Å². The largest absolute Gasteiger partial charge is 0.327 e. The molecule has 0 aliphatic heterocycles. The van der Waals surface area contributed by atoms with Crippen LogP contribution < -0.4 is 4.80 Å². The Bertz CT molecular complexity index is 884. The minimum absolute atomic E-state index is 0.253. The highest BCUT2D eigenvalue weighted by molar-refractivity contribution is 7.91. The minimum atomic E-state index is -3.60. The number of aryl methyl sites for hydroxylation is 1. The highest BCUT2D eigenvalue weighted by Gasteiger charge is 2.17. The number of amides is 1. The van der Waals surface area contributed by atoms with Gasteiger partial charge in [0, 0.05) is 18.6 Å². The van der Waals surface area contributed by atoms with Crippen molar-refractivity contribution in [3.05, 3.63) is 51.8 Å². The van der Waals surface area contributed by atoms with E-state index in [4.69, 9.17) is 5.26 Å². The molecular weight excluding hydrogens is 322 g/mol. The second-order valence-corrected chi connectivity index (χ2v) is 7.58. The van der Waals surface area contributed by atoms with E-state index in [-0.39, 0.29) is 5.75 Å². The molecule has 0 atom stereocenters. The van der Waals surface area contributed by atoms with Crippen molar-refractivity contribution in [2.45, 2.75) is 5.75 Å². The molecule has 2 aromatic rings. The van der Waals surface area contributed by atoms with Crippen LogP contribution in [0.2, 0.25) is 0 Å². The SMILES string of the molecule is Cn1ccsc1=NC(=O)CS(=O)(=O)Cc1ccc(C#N)cc1. The van der Waals surface area contributed by atoms with Crippen molar-refractivity contribution in [2.24, 2.45) is 12.0 Å². The van der Waals surface area contributed by atoms with E-state index < -0.39 is 21.5 Å². The van der Waals surface area contributed by atoms with Crippen molar-refractivity contribution in [1.82, 2.24) is 4.57 Å². The average molecular weight is 335 g/mol. The number of aromatic nitrogens is 1. The number of thiazole rings is 1. The van der Waals surface area contributed by atoms with E-state index in [2.05, 4.69) is 4.99 Å². The van der Waals surface area contributed by atoms with Crippen LogP contribution in [0.3, 0.4) is 0 Å². The molecule has 0 fully saturated rings. The third-order valence-corrected chi connectivity index (χ3v) is 5.10. The summed E-state index contributed by atoms with van der Waals surface area (Å²) in [6.45, 7) is 0.